The lowest BCUT2D eigenvalue weighted by Crippen LogP contribution is -2.15. The summed E-state index contributed by atoms with van der Waals surface area (Å²) in [4.78, 5) is 5.81. The Kier molecular flexibility index (Phi) is 4.22. The van der Waals surface area contributed by atoms with Crippen LogP contribution in [0.4, 0.5) is 0 Å². The molecule has 0 aliphatic carbocycles. The van der Waals surface area contributed by atoms with Crippen LogP contribution in [0.5, 0.6) is 0 Å². The van der Waals surface area contributed by atoms with Gasteiger partial charge >= 0.3 is 0 Å². The van der Waals surface area contributed by atoms with Crippen molar-refractivity contribution in [2.45, 2.75) is 29.1 Å². The first-order valence-corrected chi connectivity index (χ1v) is 8.82. The third kappa shape index (κ3) is 2.86. The number of thiophene rings is 1. The van der Waals surface area contributed by atoms with E-state index in [4.69, 9.17) is 4.98 Å². The average Bonchev–Trinajstić information content (AvgIpc) is 3.09. The van der Waals surface area contributed by atoms with Gasteiger partial charge in [-0.25, -0.2) is 4.98 Å². The third-order valence-electron chi connectivity index (χ3n) is 2.74. The van der Waals surface area contributed by atoms with Crippen molar-refractivity contribution in [2.24, 2.45) is 0 Å². The SMILES string of the molecule is CCCNCc1c(Sc2cccs2)nc2sccn12. The van der Waals surface area contributed by atoms with Gasteiger partial charge in [0, 0.05) is 18.1 Å². The largest absolute Gasteiger partial charge is 0.311 e. The maximum atomic E-state index is 4.74. The van der Waals surface area contributed by atoms with Crippen LogP contribution >= 0.6 is 34.4 Å². The number of aromatic nitrogens is 2. The smallest absolute Gasteiger partial charge is 0.194 e. The van der Waals surface area contributed by atoms with Gasteiger partial charge in [-0.1, -0.05) is 24.8 Å². The summed E-state index contributed by atoms with van der Waals surface area (Å²) in [5, 5.41) is 8.79. The predicted octanol–water partition coefficient (Wildman–Crippen LogP) is 4.11. The lowest BCUT2D eigenvalue weighted by Gasteiger charge is -2.04. The summed E-state index contributed by atoms with van der Waals surface area (Å²) in [6.07, 6.45) is 3.26. The standard InChI is InChI=1S/C13H15N3S3/c1-2-5-14-9-10-12(19-11-4-3-7-17-11)15-13-16(10)6-8-18-13/h3-4,6-8,14H,2,5,9H2,1H3. The van der Waals surface area contributed by atoms with Crippen LogP contribution in [0.3, 0.4) is 0 Å². The zero-order valence-electron chi connectivity index (χ0n) is 10.6. The van der Waals surface area contributed by atoms with E-state index in [0.717, 1.165) is 29.5 Å². The molecule has 0 aliphatic heterocycles. The molecule has 0 atom stereocenters. The van der Waals surface area contributed by atoms with Gasteiger partial charge in [-0.2, -0.15) is 0 Å². The Balaban J connectivity index is 1.88. The fraction of sp³-hybridized carbons (Fsp3) is 0.308. The van der Waals surface area contributed by atoms with Gasteiger partial charge in [-0.05, 0) is 24.4 Å². The molecular formula is C13H15N3S3. The van der Waals surface area contributed by atoms with Crippen molar-refractivity contribution < 1.29 is 0 Å². The van der Waals surface area contributed by atoms with Gasteiger partial charge in [0.1, 0.15) is 5.03 Å². The van der Waals surface area contributed by atoms with E-state index in [-0.39, 0.29) is 0 Å². The van der Waals surface area contributed by atoms with Gasteiger partial charge in [0.05, 0.1) is 9.90 Å². The Hall–Kier alpha value is -0.820. The molecule has 0 aromatic carbocycles. The van der Waals surface area contributed by atoms with Crippen molar-refractivity contribution in [1.82, 2.24) is 14.7 Å². The van der Waals surface area contributed by atoms with Crippen molar-refractivity contribution >= 4 is 39.4 Å². The summed E-state index contributed by atoms with van der Waals surface area (Å²) in [5.41, 5.74) is 1.27. The highest BCUT2D eigenvalue weighted by Crippen LogP contribution is 2.34. The normalized spacial score (nSPS) is 11.4. The average molecular weight is 309 g/mol. The second-order valence-electron chi connectivity index (χ2n) is 4.13. The highest BCUT2D eigenvalue weighted by molar-refractivity contribution is 8.01. The molecule has 0 fully saturated rings. The molecule has 3 heterocycles. The van der Waals surface area contributed by atoms with Gasteiger partial charge < -0.3 is 5.32 Å². The van der Waals surface area contributed by atoms with Gasteiger partial charge in [-0.3, -0.25) is 4.40 Å². The predicted molar refractivity (Wildman–Crippen MR) is 83.5 cm³/mol. The molecule has 0 saturated carbocycles. The molecule has 100 valence electrons. The Bertz CT molecular complexity index is 639. The number of thiazole rings is 1. The highest BCUT2D eigenvalue weighted by atomic mass is 32.2. The van der Waals surface area contributed by atoms with Gasteiger partial charge in [-0.15, -0.1) is 22.7 Å². The zero-order chi connectivity index (χ0) is 13.1. The Morgan fingerprint density at radius 1 is 1.37 bits per heavy atom. The maximum absolute atomic E-state index is 4.74. The first-order valence-electron chi connectivity index (χ1n) is 6.25. The summed E-state index contributed by atoms with van der Waals surface area (Å²) in [6, 6.07) is 4.23. The molecule has 0 spiro atoms. The highest BCUT2D eigenvalue weighted by Gasteiger charge is 2.14. The van der Waals surface area contributed by atoms with E-state index in [1.165, 1.54) is 9.90 Å². The topological polar surface area (TPSA) is 29.3 Å². The first-order chi connectivity index (χ1) is 9.38. The van der Waals surface area contributed by atoms with E-state index in [0.29, 0.717) is 0 Å². The molecule has 19 heavy (non-hydrogen) atoms. The Labute approximate surface area is 124 Å². The molecule has 3 aromatic rings. The van der Waals surface area contributed by atoms with Crippen molar-refractivity contribution in [3.8, 4) is 0 Å². The minimum Gasteiger partial charge on any atom is -0.311 e. The molecule has 3 rings (SSSR count). The zero-order valence-corrected chi connectivity index (χ0v) is 13.1. The minimum absolute atomic E-state index is 0.874. The quantitative estimate of drug-likeness (QED) is 0.695. The first kappa shape index (κ1) is 13.2. The number of imidazole rings is 1. The Morgan fingerprint density at radius 3 is 3.11 bits per heavy atom. The fourth-order valence-corrected chi connectivity index (χ4v) is 4.45. The second-order valence-corrected chi connectivity index (χ2v) is 7.24. The summed E-state index contributed by atoms with van der Waals surface area (Å²) < 4.78 is 3.49. The van der Waals surface area contributed by atoms with E-state index in [9.17, 15) is 0 Å². The fourth-order valence-electron chi connectivity index (χ4n) is 1.86. The molecule has 0 bridgehead atoms. The van der Waals surface area contributed by atoms with Crippen LogP contribution < -0.4 is 5.32 Å². The minimum atomic E-state index is 0.874. The van der Waals surface area contributed by atoms with Crippen LogP contribution in [0, 0.1) is 0 Å². The lowest BCUT2D eigenvalue weighted by molar-refractivity contribution is 0.653. The van der Waals surface area contributed by atoms with E-state index in [1.54, 1.807) is 34.4 Å². The Morgan fingerprint density at radius 2 is 2.32 bits per heavy atom. The lowest BCUT2D eigenvalue weighted by atomic mass is 10.4. The van der Waals surface area contributed by atoms with Crippen molar-refractivity contribution in [3.63, 3.8) is 0 Å². The number of rotatable bonds is 6. The van der Waals surface area contributed by atoms with E-state index in [1.807, 2.05) is 0 Å². The van der Waals surface area contributed by atoms with Crippen molar-refractivity contribution in [3.05, 3.63) is 34.8 Å². The van der Waals surface area contributed by atoms with Crippen LogP contribution in [-0.4, -0.2) is 15.9 Å². The van der Waals surface area contributed by atoms with Gasteiger partial charge in [0.15, 0.2) is 4.96 Å². The molecule has 0 amide bonds. The van der Waals surface area contributed by atoms with Crippen LogP contribution in [0.2, 0.25) is 0 Å². The molecule has 0 unspecified atom stereocenters. The van der Waals surface area contributed by atoms with Crippen LogP contribution in [0.25, 0.3) is 4.96 Å². The molecular weight excluding hydrogens is 294 g/mol. The number of hydrogen-bond donors (Lipinski definition) is 1. The third-order valence-corrected chi connectivity index (χ3v) is 5.55. The molecule has 1 N–H and O–H groups in total. The van der Waals surface area contributed by atoms with E-state index < -0.39 is 0 Å². The molecule has 0 saturated heterocycles. The van der Waals surface area contributed by atoms with Crippen LogP contribution in [0.15, 0.2) is 38.3 Å². The number of nitrogens with one attached hydrogen (secondary N) is 1. The van der Waals surface area contributed by atoms with Crippen molar-refractivity contribution in [2.75, 3.05) is 6.54 Å². The second kappa shape index (κ2) is 6.09. The summed E-state index contributed by atoms with van der Waals surface area (Å²) in [5.74, 6) is 0. The van der Waals surface area contributed by atoms with E-state index in [2.05, 4.69) is 45.7 Å². The maximum Gasteiger partial charge on any atom is 0.194 e. The molecule has 3 nitrogen and oxygen atoms in total. The monoisotopic (exact) mass is 309 g/mol. The molecule has 0 aliphatic rings. The van der Waals surface area contributed by atoms with Crippen molar-refractivity contribution in [1.29, 1.82) is 0 Å². The molecule has 6 heteroatoms. The van der Waals surface area contributed by atoms with Gasteiger partial charge in [0.2, 0.25) is 0 Å². The summed E-state index contributed by atoms with van der Waals surface area (Å²) in [6.45, 7) is 4.10. The number of fused-ring (bicyclic) bond motifs is 1. The molecule has 0 radical (unpaired) electrons. The van der Waals surface area contributed by atoms with Crippen LogP contribution in [-0.2, 0) is 6.54 Å². The number of nitrogens with zero attached hydrogens (tertiary/aromatic N) is 2. The number of hydrogen-bond acceptors (Lipinski definition) is 5. The molecule has 3 aromatic heterocycles. The summed E-state index contributed by atoms with van der Waals surface area (Å²) >= 11 is 5.21. The van der Waals surface area contributed by atoms with Crippen LogP contribution in [0.1, 0.15) is 19.0 Å². The van der Waals surface area contributed by atoms with Gasteiger partial charge in [0.25, 0.3) is 0 Å². The summed E-state index contributed by atoms with van der Waals surface area (Å²) in [7, 11) is 0. The van der Waals surface area contributed by atoms with E-state index >= 15 is 0 Å².